The Labute approximate surface area is 168 Å². The Morgan fingerprint density at radius 3 is 2.50 bits per heavy atom. The number of sulfonamides is 1. The highest BCUT2D eigenvalue weighted by atomic mass is 35.5. The molecule has 2 heterocycles. The minimum absolute atomic E-state index is 0.275. The zero-order valence-corrected chi connectivity index (χ0v) is 17.0. The highest BCUT2D eigenvalue weighted by Crippen LogP contribution is 2.22. The lowest BCUT2D eigenvalue weighted by atomic mass is 10.3. The van der Waals surface area contributed by atoms with Crippen LogP contribution in [-0.4, -0.2) is 60.9 Å². The lowest BCUT2D eigenvalue weighted by Gasteiger charge is -2.33. The lowest BCUT2D eigenvalue weighted by Crippen LogP contribution is -2.48. The highest BCUT2D eigenvalue weighted by Gasteiger charge is 2.28. The van der Waals surface area contributed by atoms with Gasteiger partial charge in [0.1, 0.15) is 11.6 Å². The molecule has 148 valence electrons. The first-order valence-corrected chi connectivity index (χ1v) is 10.8. The molecule has 0 atom stereocenters. The summed E-state index contributed by atoms with van der Waals surface area (Å²) in [4.78, 5) is 10.4. The Kier molecular flexibility index (Phi) is 5.29. The first-order chi connectivity index (χ1) is 13.5. The number of piperazine rings is 1. The van der Waals surface area contributed by atoms with Crippen molar-refractivity contribution in [2.75, 3.05) is 33.3 Å². The maximum atomic E-state index is 12.8. The van der Waals surface area contributed by atoms with E-state index in [1.807, 2.05) is 18.2 Å². The molecule has 0 bridgehead atoms. The number of aromatic nitrogens is 2. The number of hydrogen-bond donors (Lipinski definition) is 1. The zero-order valence-electron chi connectivity index (χ0n) is 15.4. The van der Waals surface area contributed by atoms with Gasteiger partial charge in [0.25, 0.3) is 0 Å². The van der Waals surface area contributed by atoms with Crippen LogP contribution in [-0.2, 0) is 16.6 Å². The van der Waals surface area contributed by atoms with Gasteiger partial charge < -0.3 is 9.72 Å². The number of H-pyrrole nitrogens is 1. The molecule has 0 saturated carbocycles. The predicted molar refractivity (Wildman–Crippen MR) is 108 cm³/mol. The summed E-state index contributed by atoms with van der Waals surface area (Å²) in [6.45, 7) is 2.82. The van der Waals surface area contributed by atoms with Crippen molar-refractivity contribution in [1.82, 2.24) is 19.2 Å². The van der Waals surface area contributed by atoms with Crippen LogP contribution in [0.2, 0.25) is 5.02 Å². The number of ether oxygens (including phenoxy) is 1. The van der Waals surface area contributed by atoms with Gasteiger partial charge in [-0.05, 0) is 36.4 Å². The van der Waals surface area contributed by atoms with Gasteiger partial charge in [0.05, 0.1) is 29.6 Å². The molecule has 1 aliphatic heterocycles. The van der Waals surface area contributed by atoms with Crippen molar-refractivity contribution in [1.29, 1.82) is 0 Å². The summed E-state index contributed by atoms with van der Waals surface area (Å²) in [5.41, 5.74) is 1.82. The maximum absolute atomic E-state index is 12.8. The Bertz CT molecular complexity index is 1070. The first-order valence-electron chi connectivity index (χ1n) is 8.96. The van der Waals surface area contributed by atoms with Gasteiger partial charge in [-0.1, -0.05) is 11.6 Å². The van der Waals surface area contributed by atoms with Crippen LogP contribution in [0.1, 0.15) is 5.82 Å². The van der Waals surface area contributed by atoms with Crippen LogP contribution >= 0.6 is 11.6 Å². The summed E-state index contributed by atoms with van der Waals surface area (Å²) in [5.74, 6) is 1.64. The molecule has 1 aliphatic rings. The molecule has 4 rings (SSSR count). The number of aromatic amines is 1. The molecular formula is C19H21ClN4O3S. The number of methoxy groups -OCH3 is 1. The number of nitrogens with one attached hydrogen (secondary N) is 1. The van der Waals surface area contributed by atoms with Crippen LogP contribution in [0.15, 0.2) is 47.4 Å². The average Bonchev–Trinajstić information content (AvgIpc) is 3.10. The van der Waals surface area contributed by atoms with Gasteiger partial charge in [-0.2, -0.15) is 4.31 Å². The fourth-order valence-corrected chi connectivity index (χ4v) is 4.89. The molecule has 0 amide bonds. The highest BCUT2D eigenvalue weighted by molar-refractivity contribution is 7.89. The van der Waals surface area contributed by atoms with Crippen molar-refractivity contribution in [3.8, 4) is 5.75 Å². The Hall–Kier alpha value is -2.13. The van der Waals surface area contributed by atoms with E-state index < -0.39 is 10.0 Å². The summed E-state index contributed by atoms with van der Waals surface area (Å²) in [5, 5.41) is 0.521. The average molecular weight is 421 g/mol. The Morgan fingerprint density at radius 1 is 1.11 bits per heavy atom. The molecule has 0 radical (unpaired) electrons. The minimum Gasteiger partial charge on any atom is -0.497 e. The van der Waals surface area contributed by atoms with E-state index in [0.29, 0.717) is 37.7 Å². The molecular weight excluding hydrogens is 400 g/mol. The maximum Gasteiger partial charge on any atom is 0.243 e. The second-order valence-electron chi connectivity index (χ2n) is 6.70. The molecule has 0 unspecified atom stereocenters. The number of hydrogen-bond acceptors (Lipinski definition) is 5. The van der Waals surface area contributed by atoms with Crippen LogP contribution in [0.3, 0.4) is 0 Å². The van der Waals surface area contributed by atoms with E-state index in [2.05, 4.69) is 14.9 Å². The lowest BCUT2D eigenvalue weighted by molar-refractivity contribution is 0.178. The molecule has 3 aromatic rings. The van der Waals surface area contributed by atoms with Crippen LogP contribution in [0, 0.1) is 0 Å². The van der Waals surface area contributed by atoms with Gasteiger partial charge in [0.15, 0.2) is 0 Å². The quantitative estimate of drug-likeness (QED) is 0.686. The van der Waals surface area contributed by atoms with Crippen molar-refractivity contribution < 1.29 is 13.2 Å². The topological polar surface area (TPSA) is 78.5 Å². The number of imidazole rings is 1. The van der Waals surface area contributed by atoms with Gasteiger partial charge in [-0.15, -0.1) is 0 Å². The largest absolute Gasteiger partial charge is 0.497 e. The smallest absolute Gasteiger partial charge is 0.243 e. The van der Waals surface area contributed by atoms with Gasteiger partial charge in [0.2, 0.25) is 10.0 Å². The molecule has 0 aliphatic carbocycles. The van der Waals surface area contributed by atoms with E-state index in [1.54, 1.807) is 31.4 Å². The van der Waals surface area contributed by atoms with Gasteiger partial charge in [-0.25, -0.2) is 13.4 Å². The van der Waals surface area contributed by atoms with E-state index in [9.17, 15) is 8.42 Å². The molecule has 1 aromatic heterocycles. The molecule has 9 heteroatoms. The molecule has 1 N–H and O–H groups in total. The van der Waals surface area contributed by atoms with Crippen LogP contribution in [0.25, 0.3) is 11.0 Å². The number of benzene rings is 2. The molecule has 28 heavy (non-hydrogen) atoms. The van der Waals surface area contributed by atoms with Crippen molar-refractivity contribution in [2.45, 2.75) is 11.4 Å². The van der Waals surface area contributed by atoms with Crippen molar-refractivity contribution >= 4 is 32.7 Å². The second-order valence-corrected chi connectivity index (χ2v) is 9.08. The SMILES string of the molecule is COc1ccc2nc(CN3CCN(S(=O)(=O)c4ccc(Cl)cc4)CC3)[nH]c2c1. The van der Waals surface area contributed by atoms with E-state index in [-0.39, 0.29) is 4.90 Å². The fourth-order valence-electron chi connectivity index (χ4n) is 3.34. The third kappa shape index (κ3) is 3.86. The normalized spacial score (nSPS) is 16.5. The number of fused-ring (bicyclic) bond motifs is 1. The van der Waals surface area contributed by atoms with Gasteiger partial charge in [-0.3, -0.25) is 4.90 Å². The summed E-state index contributed by atoms with van der Waals surface area (Å²) >= 11 is 5.86. The molecule has 1 saturated heterocycles. The van der Waals surface area contributed by atoms with Crippen molar-refractivity contribution in [3.63, 3.8) is 0 Å². The Morgan fingerprint density at radius 2 is 1.82 bits per heavy atom. The summed E-state index contributed by atoms with van der Waals surface area (Å²) in [6, 6.07) is 12.0. The summed E-state index contributed by atoms with van der Waals surface area (Å²) < 4.78 is 32.3. The van der Waals surface area contributed by atoms with Crippen molar-refractivity contribution in [3.05, 3.63) is 53.3 Å². The Balaban J connectivity index is 1.41. The predicted octanol–water partition coefficient (Wildman–Crippen LogP) is 2.73. The third-order valence-electron chi connectivity index (χ3n) is 4.89. The summed E-state index contributed by atoms with van der Waals surface area (Å²) in [7, 11) is -1.86. The number of nitrogens with zero attached hydrogens (tertiary/aromatic N) is 3. The standard InChI is InChI=1S/C19H21ClN4O3S/c1-27-15-4-7-17-18(12-15)22-19(21-17)13-23-8-10-24(11-9-23)28(25,26)16-5-2-14(20)3-6-16/h2-7,12H,8-11,13H2,1H3,(H,21,22). The zero-order chi connectivity index (χ0) is 19.7. The summed E-state index contributed by atoms with van der Waals surface area (Å²) in [6.07, 6.45) is 0. The minimum atomic E-state index is -3.49. The monoisotopic (exact) mass is 420 g/mol. The van der Waals surface area contributed by atoms with Crippen LogP contribution < -0.4 is 4.74 Å². The van der Waals surface area contributed by atoms with Gasteiger partial charge >= 0.3 is 0 Å². The molecule has 1 fully saturated rings. The van der Waals surface area contributed by atoms with E-state index in [0.717, 1.165) is 22.6 Å². The van der Waals surface area contributed by atoms with E-state index >= 15 is 0 Å². The van der Waals surface area contributed by atoms with Crippen LogP contribution in [0.4, 0.5) is 0 Å². The first kappa shape index (κ1) is 19.2. The molecule has 2 aromatic carbocycles. The van der Waals surface area contributed by atoms with Crippen LogP contribution in [0.5, 0.6) is 5.75 Å². The third-order valence-corrected chi connectivity index (χ3v) is 7.06. The number of rotatable bonds is 5. The fraction of sp³-hybridized carbons (Fsp3) is 0.316. The van der Waals surface area contributed by atoms with Gasteiger partial charge in [0, 0.05) is 37.3 Å². The van der Waals surface area contributed by atoms with E-state index in [1.165, 1.54) is 4.31 Å². The van der Waals surface area contributed by atoms with Crippen molar-refractivity contribution in [2.24, 2.45) is 0 Å². The van der Waals surface area contributed by atoms with E-state index in [4.69, 9.17) is 16.3 Å². The number of halogens is 1. The second kappa shape index (κ2) is 7.71. The molecule has 7 nitrogen and oxygen atoms in total. The molecule has 0 spiro atoms.